The summed E-state index contributed by atoms with van der Waals surface area (Å²) in [5.41, 5.74) is 0.690. The van der Waals surface area contributed by atoms with Gasteiger partial charge in [0.15, 0.2) is 6.29 Å². The molecule has 6 N–H and O–H groups in total. The van der Waals surface area contributed by atoms with E-state index < -0.39 is 31.2 Å². The van der Waals surface area contributed by atoms with E-state index in [9.17, 15) is 15.3 Å². The molecule has 1 aromatic rings. The van der Waals surface area contributed by atoms with Crippen LogP contribution in [0.4, 0.5) is 0 Å². The average molecular weight is 288 g/mol. The fourth-order valence-corrected chi connectivity index (χ4v) is 1.61. The van der Waals surface area contributed by atoms with Crippen molar-refractivity contribution in [1.82, 2.24) is 9.97 Å². The van der Waals surface area contributed by atoms with Crippen LogP contribution in [0.3, 0.4) is 0 Å². The minimum atomic E-state index is -1.55. The Labute approximate surface area is 116 Å². The van der Waals surface area contributed by atoms with Crippen molar-refractivity contribution in [2.24, 2.45) is 0 Å². The third-order valence-corrected chi connectivity index (χ3v) is 2.83. The Balaban J connectivity index is 2.57. The maximum absolute atomic E-state index is 9.74. The van der Waals surface area contributed by atoms with Crippen molar-refractivity contribution in [2.45, 2.75) is 43.9 Å². The molecule has 0 bridgehead atoms. The third-order valence-electron chi connectivity index (χ3n) is 2.83. The lowest BCUT2D eigenvalue weighted by Crippen LogP contribution is -2.35. The first-order valence-electron chi connectivity index (χ1n) is 6.27. The van der Waals surface area contributed by atoms with Crippen molar-refractivity contribution in [3.05, 3.63) is 23.8 Å². The van der Waals surface area contributed by atoms with Gasteiger partial charge in [0.05, 0.1) is 24.2 Å². The number of rotatable bonds is 8. The summed E-state index contributed by atoms with van der Waals surface area (Å²) < 4.78 is 0. The summed E-state index contributed by atoms with van der Waals surface area (Å²) in [5.74, 6) is 0. The molecule has 8 nitrogen and oxygen atoms in total. The largest absolute Gasteiger partial charge is 0.394 e. The highest BCUT2D eigenvalue weighted by Crippen LogP contribution is 2.16. The second kappa shape index (κ2) is 8.20. The molecular weight excluding hydrogens is 268 g/mol. The van der Waals surface area contributed by atoms with Gasteiger partial charge in [-0.2, -0.15) is 0 Å². The molecule has 0 spiro atoms. The third kappa shape index (κ3) is 5.08. The van der Waals surface area contributed by atoms with E-state index in [1.54, 1.807) is 0 Å². The summed E-state index contributed by atoms with van der Waals surface area (Å²) in [7, 11) is 0. The number of nitrogens with zero attached hydrogens (tertiary/aromatic N) is 2. The highest BCUT2D eigenvalue weighted by molar-refractivity contribution is 5.07. The predicted octanol–water partition coefficient (Wildman–Crippen LogP) is -2.14. The Morgan fingerprint density at radius 3 is 2.20 bits per heavy atom. The Bertz CT molecular complexity index is 386. The Hall–Kier alpha value is -1.16. The molecular formula is C12H20N2O6. The quantitative estimate of drug-likeness (QED) is 0.297. The molecule has 0 fully saturated rings. The minimum Gasteiger partial charge on any atom is -0.394 e. The van der Waals surface area contributed by atoms with Gasteiger partial charge in [-0.25, -0.2) is 0 Å². The van der Waals surface area contributed by atoms with Crippen molar-refractivity contribution >= 4 is 0 Å². The van der Waals surface area contributed by atoms with Crippen molar-refractivity contribution in [3.63, 3.8) is 0 Å². The average Bonchev–Trinajstić information content (AvgIpc) is 2.45. The molecule has 0 saturated carbocycles. The molecule has 3 unspecified atom stereocenters. The van der Waals surface area contributed by atoms with Gasteiger partial charge in [0.2, 0.25) is 0 Å². The number of aromatic nitrogens is 2. The highest BCUT2D eigenvalue weighted by atomic mass is 16.5. The maximum Gasteiger partial charge on any atom is 0.151 e. The van der Waals surface area contributed by atoms with E-state index in [0.717, 1.165) is 0 Å². The lowest BCUT2D eigenvalue weighted by molar-refractivity contribution is -0.0790. The summed E-state index contributed by atoms with van der Waals surface area (Å²) in [5, 5.41) is 54.6. The van der Waals surface area contributed by atoms with Crippen LogP contribution in [0.1, 0.15) is 30.3 Å². The standard InChI is InChI=1S/C12H20N2O6/c15-6-9(16)12(20)11(19)8-5-13-7(4-14-8)2-1-3-10(17)18/h4-5,9-12,15-20H,1-3,6H2. The van der Waals surface area contributed by atoms with Crippen LogP contribution in [-0.2, 0) is 6.42 Å². The molecule has 0 amide bonds. The van der Waals surface area contributed by atoms with Gasteiger partial charge >= 0.3 is 0 Å². The lowest BCUT2D eigenvalue weighted by Gasteiger charge is -2.20. The lowest BCUT2D eigenvalue weighted by atomic mass is 10.1. The number of aliphatic hydroxyl groups is 6. The molecule has 1 heterocycles. The molecule has 0 aliphatic heterocycles. The van der Waals surface area contributed by atoms with E-state index in [1.165, 1.54) is 12.4 Å². The van der Waals surface area contributed by atoms with Gasteiger partial charge < -0.3 is 30.6 Å². The molecule has 114 valence electrons. The zero-order chi connectivity index (χ0) is 15.1. The number of hydrogen-bond donors (Lipinski definition) is 6. The Kier molecular flexibility index (Phi) is 6.93. The van der Waals surface area contributed by atoms with Crippen molar-refractivity contribution in [2.75, 3.05) is 6.61 Å². The first kappa shape index (κ1) is 16.9. The van der Waals surface area contributed by atoms with Crippen LogP contribution in [0.15, 0.2) is 12.4 Å². The SMILES string of the molecule is OCC(O)C(O)C(O)c1cnc(CCCC(O)O)cn1. The van der Waals surface area contributed by atoms with E-state index in [2.05, 4.69) is 9.97 Å². The van der Waals surface area contributed by atoms with Crippen LogP contribution in [0.25, 0.3) is 0 Å². The molecule has 0 aliphatic carbocycles. The van der Waals surface area contributed by atoms with Crippen molar-refractivity contribution < 1.29 is 30.6 Å². The van der Waals surface area contributed by atoms with E-state index in [0.29, 0.717) is 18.5 Å². The van der Waals surface area contributed by atoms with Gasteiger partial charge in [-0.05, 0) is 19.3 Å². The second-order valence-electron chi connectivity index (χ2n) is 4.49. The second-order valence-corrected chi connectivity index (χ2v) is 4.49. The summed E-state index contributed by atoms with van der Waals surface area (Å²) in [6.07, 6.45) is -1.88. The fourth-order valence-electron chi connectivity index (χ4n) is 1.61. The molecule has 1 rings (SSSR count). The molecule has 8 heteroatoms. The molecule has 3 atom stereocenters. The number of aliphatic hydroxyl groups excluding tert-OH is 5. The van der Waals surface area contributed by atoms with Crippen molar-refractivity contribution in [3.8, 4) is 0 Å². The maximum atomic E-state index is 9.74. The molecule has 0 aromatic carbocycles. The Morgan fingerprint density at radius 1 is 1.00 bits per heavy atom. The van der Waals surface area contributed by atoms with Gasteiger partial charge in [-0.15, -0.1) is 0 Å². The summed E-state index contributed by atoms with van der Waals surface area (Å²) in [4.78, 5) is 7.95. The fraction of sp³-hybridized carbons (Fsp3) is 0.667. The molecule has 1 aromatic heterocycles. The zero-order valence-electron chi connectivity index (χ0n) is 10.9. The van der Waals surface area contributed by atoms with Gasteiger partial charge in [-0.1, -0.05) is 0 Å². The number of aryl methyl sites for hydroxylation is 1. The smallest absolute Gasteiger partial charge is 0.151 e. The van der Waals surface area contributed by atoms with Crippen LogP contribution in [0.2, 0.25) is 0 Å². The minimum absolute atomic E-state index is 0.0796. The van der Waals surface area contributed by atoms with Crippen LogP contribution in [0.5, 0.6) is 0 Å². The van der Waals surface area contributed by atoms with E-state index in [4.69, 9.17) is 15.3 Å². The normalized spacial score (nSPS) is 16.1. The van der Waals surface area contributed by atoms with Gasteiger partial charge in [-0.3, -0.25) is 9.97 Å². The Morgan fingerprint density at radius 2 is 1.70 bits per heavy atom. The monoisotopic (exact) mass is 288 g/mol. The van der Waals surface area contributed by atoms with Crippen LogP contribution >= 0.6 is 0 Å². The van der Waals surface area contributed by atoms with E-state index >= 15 is 0 Å². The molecule has 0 radical (unpaired) electrons. The van der Waals surface area contributed by atoms with Gasteiger partial charge in [0.25, 0.3) is 0 Å². The highest BCUT2D eigenvalue weighted by Gasteiger charge is 2.26. The predicted molar refractivity (Wildman–Crippen MR) is 67.3 cm³/mol. The van der Waals surface area contributed by atoms with Crippen molar-refractivity contribution in [1.29, 1.82) is 0 Å². The molecule has 0 saturated heterocycles. The summed E-state index contributed by atoms with van der Waals surface area (Å²) in [6.45, 7) is -0.673. The first-order valence-corrected chi connectivity index (χ1v) is 6.27. The van der Waals surface area contributed by atoms with Gasteiger partial charge in [0, 0.05) is 6.20 Å². The zero-order valence-corrected chi connectivity index (χ0v) is 10.9. The van der Waals surface area contributed by atoms with Crippen LogP contribution in [0, 0.1) is 0 Å². The van der Waals surface area contributed by atoms with Gasteiger partial charge in [0.1, 0.15) is 18.3 Å². The van der Waals surface area contributed by atoms with Crippen LogP contribution in [-0.4, -0.2) is 65.7 Å². The summed E-state index contributed by atoms with van der Waals surface area (Å²) >= 11 is 0. The van der Waals surface area contributed by atoms with Crippen LogP contribution < -0.4 is 0 Å². The molecule has 20 heavy (non-hydrogen) atoms. The van der Waals surface area contributed by atoms with E-state index in [1.807, 2.05) is 0 Å². The topological polar surface area (TPSA) is 147 Å². The summed E-state index contributed by atoms with van der Waals surface area (Å²) in [6, 6.07) is 0. The molecule has 0 aliphatic rings. The van der Waals surface area contributed by atoms with E-state index in [-0.39, 0.29) is 12.1 Å². The first-order chi connectivity index (χ1) is 9.45. The number of hydrogen-bond acceptors (Lipinski definition) is 8.